The third-order valence-electron chi connectivity index (χ3n) is 6.28. The minimum Gasteiger partial charge on any atom is -0.381 e. The Labute approximate surface area is 122 Å². The number of fused-ring (bicyclic) bond motifs is 1. The fourth-order valence-corrected chi connectivity index (χ4v) is 4.47. The molecule has 5 atom stereocenters. The molecule has 0 bridgehead atoms. The van der Waals surface area contributed by atoms with Gasteiger partial charge in [-0.05, 0) is 32.1 Å². The van der Waals surface area contributed by atoms with Gasteiger partial charge >= 0.3 is 0 Å². The van der Waals surface area contributed by atoms with Crippen molar-refractivity contribution in [2.24, 2.45) is 23.0 Å². The third-order valence-corrected chi connectivity index (χ3v) is 6.28. The fourth-order valence-electron chi connectivity index (χ4n) is 4.47. The van der Waals surface area contributed by atoms with Crippen molar-refractivity contribution in [1.82, 2.24) is 5.32 Å². The van der Waals surface area contributed by atoms with Crippen molar-refractivity contribution in [3.8, 4) is 0 Å². The second-order valence-electron chi connectivity index (χ2n) is 7.60. The van der Waals surface area contributed by atoms with Crippen LogP contribution in [0.25, 0.3) is 0 Å². The van der Waals surface area contributed by atoms with Crippen LogP contribution in [0.15, 0.2) is 0 Å². The van der Waals surface area contributed by atoms with Crippen LogP contribution in [-0.4, -0.2) is 44.1 Å². The number of rotatable bonds is 4. The van der Waals surface area contributed by atoms with E-state index in [0.29, 0.717) is 24.0 Å². The Balaban J connectivity index is 1.60. The van der Waals surface area contributed by atoms with E-state index in [-0.39, 0.29) is 11.0 Å². The minimum atomic E-state index is -0.133. The van der Waals surface area contributed by atoms with E-state index >= 15 is 0 Å². The van der Waals surface area contributed by atoms with E-state index in [4.69, 9.17) is 15.2 Å². The summed E-state index contributed by atoms with van der Waals surface area (Å²) in [5, 5.41) is 3.70. The Morgan fingerprint density at radius 2 is 2.10 bits per heavy atom. The Kier molecular flexibility index (Phi) is 3.87. The summed E-state index contributed by atoms with van der Waals surface area (Å²) in [6.45, 7) is 10.4. The van der Waals surface area contributed by atoms with E-state index in [0.717, 1.165) is 32.8 Å². The lowest BCUT2D eigenvalue weighted by atomic mass is 9.46. The van der Waals surface area contributed by atoms with Crippen LogP contribution < -0.4 is 11.1 Å². The normalized spacial score (nSPS) is 44.7. The highest BCUT2D eigenvalue weighted by Gasteiger charge is 2.66. The first-order valence-electron chi connectivity index (χ1n) is 8.18. The molecular formula is C16H30N2O2. The van der Waals surface area contributed by atoms with Crippen LogP contribution in [0, 0.1) is 17.3 Å². The molecule has 0 aromatic carbocycles. The zero-order chi connectivity index (χ0) is 14.4. The molecule has 0 aromatic rings. The zero-order valence-electron chi connectivity index (χ0n) is 13.2. The van der Waals surface area contributed by atoms with Crippen molar-refractivity contribution in [2.75, 3.05) is 26.4 Å². The van der Waals surface area contributed by atoms with Crippen molar-refractivity contribution in [2.45, 2.75) is 57.7 Å². The molecule has 116 valence electrons. The molecule has 1 saturated carbocycles. The van der Waals surface area contributed by atoms with Crippen LogP contribution in [0.5, 0.6) is 0 Å². The molecular weight excluding hydrogens is 252 g/mol. The molecule has 3 rings (SSSR count). The Bertz CT molecular complexity index is 354. The highest BCUT2D eigenvalue weighted by Crippen LogP contribution is 2.57. The molecule has 0 spiro atoms. The topological polar surface area (TPSA) is 56.5 Å². The van der Waals surface area contributed by atoms with Crippen molar-refractivity contribution in [3.63, 3.8) is 0 Å². The second-order valence-corrected chi connectivity index (χ2v) is 7.60. The van der Waals surface area contributed by atoms with Gasteiger partial charge in [-0.3, -0.25) is 0 Å². The summed E-state index contributed by atoms with van der Waals surface area (Å²) in [6.07, 6.45) is 3.90. The van der Waals surface area contributed by atoms with E-state index in [1.54, 1.807) is 0 Å². The van der Waals surface area contributed by atoms with Crippen LogP contribution >= 0.6 is 0 Å². The number of hydrogen-bond acceptors (Lipinski definition) is 4. The Hall–Kier alpha value is -0.160. The number of nitrogens with one attached hydrogen (secondary N) is 1. The van der Waals surface area contributed by atoms with Crippen LogP contribution in [0.4, 0.5) is 0 Å². The number of nitrogens with two attached hydrogens (primary N) is 1. The van der Waals surface area contributed by atoms with Gasteiger partial charge in [-0.15, -0.1) is 0 Å². The maximum Gasteiger partial charge on any atom is 0.0690 e. The molecule has 1 aliphatic carbocycles. The largest absolute Gasteiger partial charge is 0.381 e. The quantitative estimate of drug-likeness (QED) is 0.821. The van der Waals surface area contributed by atoms with Gasteiger partial charge in [0, 0.05) is 42.7 Å². The number of hydrogen-bond donors (Lipinski definition) is 2. The molecule has 2 aliphatic heterocycles. The summed E-state index contributed by atoms with van der Waals surface area (Å²) in [5.74, 6) is 1.16. The fraction of sp³-hybridized carbons (Fsp3) is 1.00. The van der Waals surface area contributed by atoms with Crippen LogP contribution in [-0.2, 0) is 9.47 Å². The summed E-state index contributed by atoms with van der Waals surface area (Å²) in [7, 11) is 0. The monoisotopic (exact) mass is 282 g/mol. The average Bonchev–Trinajstić information content (AvgIpc) is 2.98. The molecule has 4 heteroatoms. The molecule has 0 aromatic heterocycles. The average molecular weight is 282 g/mol. The minimum absolute atomic E-state index is 0.0665. The zero-order valence-corrected chi connectivity index (χ0v) is 13.2. The molecule has 20 heavy (non-hydrogen) atoms. The molecule has 3 N–H and O–H groups in total. The van der Waals surface area contributed by atoms with Gasteiger partial charge in [0.25, 0.3) is 0 Å². The van der Waals surface area contributed by atoms with Crippen LogP contribution in [0.3, 0.4) is 0 Å². The van der Waals surface area contributed by atoms with Gasteiger partial charge in [-0.2, -0.15) is 0 Å². The van der Waals surface area contributed by atoms with Gasteiger partial charge in [0.15, 0.2) is 0 Å². The lowest BCUT2D eigenvalue weighted by Gasteiger charge is -2.67. The molecule has 3 fully saturated rings. The van der Waals surface area contributed by atoms with E-state index in [9.17, 15) is 0 Å². The Morgan fingerprint density at radius 1 is 1.30 bits per heavy atom. The van der Waals surface area contributed by atoms with E-state index in [2.05, 4.69) is 26.1 Å². The smallest absolute Gasteiger partial charge is 0.0690 e. The predicted octanol–water partition coefficient (Wildman–Crippen LogP) is 1.53. The standard InChI is InChI=1S/C16H30N2O2/c1-11(12-6-8-19-9-12)18-10-16(17)13-5-4-7-20-14(13)15(16,2)3/h11-14,18H,4-10,17H2,1-3H3. The molecule has 5 unspecified atom stereocenters. The number of ether oxygens (including phenoxy) is 2. The molecule has 3 aliphatic rings. The van der Waals surface area contributed by atoms with Crippen molar-refractivity contribution >= 4 is 0 Å². The molecule has 0 amide bonds. The summed E-state index contributed by atoms with van der Waals surface area (Å²) >= 11 is 0. The highest BCUT2D eigenvalue weighted by atomic mass is 16.5. The second kappa shape index (κ2) is 5.24. The van der Waals surface area contributed by atoms with Crippen molar-refractivity contribution < 1.29 is 9.47 Å². The summed E-state index contributed by atoms with van der Waals surface area (Å²) in [5.41, 5.74) is 6.74. The summed E-state index contributed by atoms with van der Waals surface area (Å²) in [4.78, 5) is 0. The first kappa shape index (κ1) is 14.8. The lowest BCUT2D eigenvalue weighted by molar-refractivity contribution is -0.226. The lowest BCUT2D eigenvalue weighted by Crippen LogP contribution is -2.80. The SMILES string of the molecule is CC(NCC1(N)C2CCCOC2C1(C)C)C1CCOC1. The van der Waals surface area contributed by atoms with Crippen molar-refractivity contribution in [1.29, 1.82) is 0 Å². The Morgan fingerprint density at radius 3 is 2.80 bits per heavy atom. The first-order chi connectivity index (χ1) is 9.47. The van der Waals surface area contributed by atoms with Gasteiger partial charge in [0.05, 0.1) is 12.7 Å². The van der Waals surface area contributed by atoms with Gasteiger partial charge in [0.2, 0.25) is 0 Å². The highest BCUT2D eigenvalue weighted by molar-refractivity contribution is 5.20. The molecule has 0 radical (unpaired) electrons. The van der Waals surface area contributed by atoms with E-state index in [1.807, 2.05) is 0 Å². The maximum absolute atomic E-state index is 6.81. The van der Waals surface area contributed by atoms with Crippen LogP contribution in [0.1, 0.15) is 40.0 Å². The maximum atomic E-state index is 6.81. The molecule has 2 heterocycles. The van der Waals surface area contributed by atoms with Gasteiger partial charge in [-0.25, -0.2) is 0 Å². The van der Waals surface area contributed by atoms with Crippen LogP contribution in [0.2, 0.25) is 0 Å². The summed E-state index contributed by atoms with van der Waals surface area (Å²) in [6, 6.07) is 0.484. The third kappa shape index (κ3) is 2.12. The first-order valence-corrected chi connectivity index (χ1v) is 8.18. The molecule has 2 saturated heterocycles. The van der Waals surface area contributed by atoms with E-state index < -0.39 is 0 Å². The predicted molar refractivity (Wildman–Crippen MR) is 79.6 cm³/mol. The van der Waals surface area contributed by atoms with Gasteiger partial charge < -0.3 is 20.5 Å². The van der Waals surface area contributed by atoms with Crippen molar-refractivity contribution in [3.05, 3.63) is 0 Å². The van der Waals surface area contributed by atoms with Gasteiger partial charge in [-0.1, -0.05) is 13.8 Å². The van der Waals surface area contributed by atoms with Gasteiger partial charge in [0.1, 0.15) is 0 Å². The summed E-state index contributed by atoms with van der Waals surface area (Å²) < 4.78 is 11.5. The van der Waals surface area contributed by atoms with E-state index in [1.165, 1.54) is 12.8 Å². The molecule has 4 nitrogen and oxygen atoms in total.